The highest BCUT2D eigenvalue weighted by Crippen LogP contribution is 2.32. The monoisotopic (exact) mass is 682 g/mol. The standard InChI is InChI=1S/C31H37F3N4O6S2/c1-19(2)22-9-7-21(8-10-22)17-35-27(39)25-18-37(29-36-20(3)26(45-29)28(40)44-30(4,5)6)15-16-38(25)46(41,42)24-13-11-23(12-14-24)43-31(32,33)34/h7-14,19,25H,15-18H2,1-6H3,(H,35,39). The predicted octanol–water partition coefficient (Wildman–Crippen LogP) is 5.62. The Balaban J connectivity index is 1.60. The largest absolute Gasteiger partial charge is 0.573 e. The molecule has 1 aromatic heterocycles. The Labute approximate surface area is 270 Å². The molecule has 1 saturated heterocycles. The van der Waals surface area contributed by atoms with Gasteiger partial charge >= 0.3 is 12.3 Å². The average Bonchev–Trinajstić information content (AvgIpc) is 3.36. The van der Waals surface area contributed by atoms with Crippen LogP contribution in [-0.4, -0.2) is 67.2 Å². The van der Waals surface area contributed by atoms with E-state index in [1.54, 1.807) is 32.6 Å². The Bertz CT molecular complexity index is 1650. The summed E-state index contributed by atoms with van der Waals surface area (Å²) in [4.78, 5) is 32.7. The number of amides is 1. The van der Waals surface area contributed by atoms with E-state index in [4.69, 9.17) is 4.74 Å². The second-order valence-electron chi connectivity index (χ2n) is 12.1. The van der Waals surface area contributed by atoms with Crippen LogP contribution in [0, 0.1) is 6.92 Å². The van der Waals surface area contributed by atoms with E-state index in [-0.39, 0.29) is 31.1 Å². The van der Waals surface area contributed by atoms with Crippen LogP contribution >= 0.6 is 11.3 Å². The lowest BCUT2D eigenvalue weighted by molar-refractivity contribution is -0.274. The maximum Gasteiger partial charge on any atom is 0.573 e. The number of rotatable bonds is 9. The van der Waals surface area contributed by atoms with Crippen molar-refractivity contribution >= 4 is 38.4 Å². The molecule has 250 valence electrons. The number of esters is 1. The summed E-state index contributed by atoms with van der Waals surface area (Å²) in [6, 6.07) is 10.3. The summed E-state index contributed by atoms with van der Waals surface area (Å²) < 4.78 is 75.9. The SMILES string of the molecule is Cc1nc(N2CCN(S(=O)(=O)c3ccc(OC(F)(F)F)cc3)C(C(=O)NCc3ccc(C(C)C)cc3)C2)sc1C(=O)OC(C)(C)C. The van der Waals surface area contributed by atoms with E-state index in [2.05, 4.69) is 28.9 Å². The fourth-order valence-electron chi connectivity index (χ4n) is 4.75. The lowest BCUT2D eigenvalue weighted by Crippen LogP contribution is -2.60. The minimum atomic E-state index is -4.94. The normalized spacial score (nSPS) is 16.4. The number of carbonyl (C=O) groups excluding carboxylic acids is 2. The van der Waals surface area contributed by atoms with E-state index in [0.717, 1.165) is 51.0 Å². The molecule has 10 nitrogen and oxygen atoms in total. The number of aryl methyl sites for hydroxylation is 1. The van der Waals surface area contributed by atoms with Crippen molar-refractivity contribution in [1.82, 2.24) is 14.6 Å². The first-order valence-corrected chi connectivity index (χ1v) is 16.8. The van der Waals surface area contributed by atoms with E-state index < -0.39 is 45.7 Å². The predicted molar refractivity (Wildman–Crippen MR) is 167 cm³/mol. The second kappa shape index (κ2) is 13.6. The number of sulfonamides is 1. The fourth-order valence-corrected chi connectivity index (χ4v) is 7.30. The molecular weight excluding hydrogens is 645 g/mol. The van der Waals surface area contributed by atoms with Gasteiger partial charge in [-0.2, -0.15) is 4.31 Å². The number of halogens is 3. The van der Waals surface area contributed by atoms with Crippen LogP contribution in [0.15, 0.2) is 53.4 Å². The summed E-state index contributed by atoms with van der Waals surface area (Å²) in [7, 11) is -4.34. The zero-order valence-corrected chi connectivity index (χ0v) is 28.0. The molecule has 0 aliphatic carbocycles. The van der Waals surface area contributed by atoms with Gasteiger partial charge in [0, 0.05) is 26.2 Å². The number of aromatic nitrogens is 1. The zero-order chi connectivity index (χ0) is 34.0. The van der Waals surface area contributed by atoms with Crippen LogP contribution in [0.1, 0.15) is 67.0 Å². The van der Waals surface area contributed by atoms with E-state index in [9.17, 15) is 31.2 Å². The van der Waals surface area contributed by atoms with Crippen molar-refractivity contribution in [3.05, 3.63) is 70.2 Å². The van der Waals surface area contributed by atoms with Crippen LogP contribution in [0.5, 0.6) is 5.75 Å². The van der Waals surface area contributed by atoms with Crippen molar-refractivity contribution in [2.45, 2.75) is 76.9 Å². The molecule has 46 heavy (non-hydrogen) atoms. The van der Waals surface area contributed by atoms with Gasteiger partial charge in [-0.15, -0.1) is 13.2 Å². The average molecular weight is 683 g/mol. The zero-order valence-electron chi connectivity index (χ0n) is 26.3. The first-order chi connectivity index (χ1) is 21.3. The molecule has 15 heteroatoms. The maximum atomic E-state index is 13.8. The topological polar surface area (TPSA) is 118 Å². The molecule has 0 spiro atoms. The van der Waals surface area contributed by atoms with Gasteiger partial charge in [-0.1, -0.05) is 49.4 Å². The third-order valence-corrected chi connectivity index (χ3v) is 10.2. The number of anilines is 1. The fraction of sp³-hybridized carbons (Fsp3) is 0.452. The molecule has 1 fully saturated rings. The molecule has 3 aromatic rings. The van der Waals surface area contributed by atoms with Crippen molar-refractivity contribution in [3.63, 3.8) is 0 Å². The number of nitrogens with zero attached hydrogens (tertiary/aromatic N) is 3. The van der Waals surface area contributed by atoms with E-state index in [1.807, 2.05) is 24.3 Å². The highest BCUT2D eigenvalue weighted by Gasteiger charge is 2.41. The number of nitrogens with one attached hydrogen (secondary N) is 1. The summed E-state index contributed by atoms with van der Waals surface area (Å²) >= 11 is 1.09. The van der Waals surface area contributed by atoms with Gasteiger partial charge in [0.2, 0.25) is 15.9 Å². The lowest BCUT2D eigenvalue weighted by atomic mass is 10.0. The third-order valence-electron chi connectivity index (χ3n) is 7.05. The summed E-state index contributed by atoms with van der Waals surface area (Å²) in [6.45, 7) is 11.1. The summed E-state index contributed by atoms with van der Waals surface area (Å²) in [5, 5.41) is 3.25. The van der Waals surface area contributed by atoms with E-state index in [0.29, 0.717) is 21.6 Å². The molecule has 0 radical (unpaired) electrons. The quantitative estimate of drug-likeness (QED) is 0.289. The molecular formula is C31H37F3N4O6S2. The Morgan fingerprint density at radius 3 is 2.24 bits per heavy atom. The van der Waals surface area contributed by atoms with Crippen molar-refractivity contribution in [3.8, 4) is 5.75 Å². The Morgan fingerprint density at radius 1 is 1.04 bits per heavy atom. The molecule has 2 aromatic carbocycles. The van der Waals surface area contributed by atoms with Crippen molar-refractivity contribution in [2.75, 3.05) is 24.5 Å². The van der Waals surface area contributed by atoms with Gasteiger partial charge in [0.25, 0.3) is 0 Å². The molecule has 1 aliphatic heterocycles. The lowest BCUT2D eigenvalue weighted by Gasteiger charge is -2.39. The minimum Gasteiger partial charge on any atom is -0.456 e. The third kappa shape index (κ3) is 8.76. The van der Waals surface area contributed by atoms with Gasteiger partial charge in [0.05, 0.1) is 10.6 Å². The van der Waals surface area contributed by atoms with E-state index >= 15 is 0 Å². The molecule has 4 rings (SSSR count). The van der Waals surface area contributed by atoms with Gasteiger partial charge in [0.1, 0.15) is 22.3 Å². The van der Waals surface area contributed by atoms with Crippen LogP contribution in [0.4, 0.5) is 18.3 Å². The van der Waals surface area contributed by atoms with Crippen molar-refractivity contribution in [2.24, 2.45) is 0 Å². The first-order valence-electron chi connectivity index (χ1n) is 14.5. The van der Waals surface area contributed by atoms with Crippen molar-refractivity contribution in [1.29, 1.82) is 0 Å². The van der Waals surface area contributed by atoms with Gasteiger partial charge in [-0.3, -0.25) is 4.79 Å². The number of hydrogen-bond donors (Lipinski definition) is 1. The number of alkyl halides is 3. The molecule has 1 aliphatic rings. The maximum absolute atomic E-state index is 13.8. The summed E-state index contributed by atoms with van der Waals surface area (Å²) in [5.74, 6) is -1.35. The Hall–Kier alpha value is -3.69. The molecule has 1 unspecified atom stereocenters. The summed E-state index contributed by atoms with van der Waals surface area (Å²) in [5.41, 5.74) is 1.67. The minimum absolute atomic E-state index is 0.0899. The summed E-state index contributed by atoms with van der Waals surface area (Å²) in [6.07, 6.45) is -4.94. The highest BCUT2D eigenvalue weighted by atomic mass is 32.2. The van der Waals surface area contributed by atoms with Crippen LogP contribution in [0.25, 0.3) is 0 Å². The number of carbonyl (C=O) groups is 2. The van der Waals surface area contributed by atoms with E-state index in [1.165, 1.54) is 0 Å². The van der Waals surface area contributed by atoms with Crippen LogP contribution in [-0.2, 0) is 26.1 Å². The smallest absolute Gasteiger partial charge is 0.456 e. The molecule has 2 heterocycles. The molecule has 0 saturated carbocycles. The van der Waals surface area contributed by atoms with Crippen molar-refractivity contribution < 1.29 is 40.7 Å². The Kier molecular flexibility index (Phi) is 10.4. The Morgan fingerprint density at radius 2 is 1.67 bits per heavy atom. The van der Waals surface area contributed by atoms with Crippen LogP contribution in [0.2, 0.25) is 0 Å². The molecule has 1 N–H and O–H groups in total. The molecule has 1 amide bonds. The van der Waals surface area contributed by atoms with Crippen LogP contribution in [0.3, 0.4) is 0 Å². The number of ether oxygens (including phenoxy) is 2. The number of hydrogen-bond acceptors (Lipinski definition) is 9. The number of piperazine rings is 1. The second-order valence-corrected chi connectivity index (χ2v) is 15.0. The van der Waals surface area contributed by atoms with Crippen LogP contribution < -0.4 is 15.0 Å². The first kappa shape index (κ1) is 35.2. The number of thiazole rings is 1. The number of benzene rings is 2. The van der Waals surface area contributed by atoms with Gasteiger partial charge in [0.15, 0.2) is 5.13 Å². The molecule has 0 bridgehead atoms. The van der Waals surface area contributed by atoms with Gasteiger partial charge < -0.3 is 19.7 Å². The van der Waals surface area contributed by atoms with Gasteiger partial charge in [-0.05, 0) is 69.0 Å². The molecule has 1 atom stereocenters. The highest BCUT2D eigenvalue weighted by molar-refractivity contribution is 7.89. The van der Waals surface area contributed by atoms with Gasteiger partial charge in [-0.25, -0.2) is 18.2 Å².